The molecule has 2 aromatic carbocycles. The predicted octanol–water partition coefficient (Wildman–Crippen LogP) is 2.80. The topological polar surface area (TPSA) is 76.3 Å². The van der Waals surface area contributed by atoms with Crippen molar-refractivity contribution in [2.45, 2.75) is 10.8 Å². The molecular weight excluding hydrogens is 364 g/mol. The van der Waals surface area contributed by atoms with Gasteiger partial charge in [0.25, 0.3) is 0 Å². The number of hydrogen-bond donors (Lipinski definition) is 0. The zero-order valence-corrected chi connectivity index (χ0v) is 14.2. The Labute approximate surface area is 148 Å². The van der Waals surface area contributed by atoms with E-state index < -0.39 is 26.6 Å². The van der Waals surface area contributed by atoms with Crippen molar-refractivity contribution >= 4 is 10.0 Å². The van der Waals surface area contributed by atoms with Crippen molar-refractivity contribution in [3.8, 4) is 11.4 Å². The molecule has 1 saturated heterocycles. The monoisotopic (exact) mass is 377 g/mol. The second-order valence-electron chi connectivity index (χ2n) is 5.92. The van der Waals surface area contributed by atoms with Crippen molar-refractivity contribution in [1.82, 2.24) is 14.4 Å². The first-order chi connectivity index (χ1) is 12.4. The van der Waals surface area contributed by atoms with E-state index in [4.69, 9.17) is 4.52 Å². The minimum absolute atomic E-state index is 0.0928. The normalized spacial score (nSPS) is 15.8. The van der Waals surface area contributed by atoms with Crippen molar-refractivity contribution in [1.29, 1.82) is 0 Å². The number of nitrogens with zero attached hydrogens (tertiary/aromatic N) is 3. The van der Waals surface area contributed by atoms with Crippen LogP contribution < -0.4 is 0 Å². The highest BCUT2D eigenvalue weighted by atomic mass is 32.2. The number of sulfonamides is 1. The highest BCUT2D eigenvalue weighted by Crippen LogP contribution is 2.32. The maximum Gasteiger partial charge on any atom is 0.246 e. The number of rotatable bonds is 4. The highest BCUT2D eigenvalue weighted by molar-refractivity contribution is 7.89. The summed E-state index contributed by atoms with van der Waals surface area (Å²) in [5.74, 6) is -1.46. The Morgan fingerprint density at radius 3 is 2.50 bits per heavy atom. The summed E-state index contributed by atoms with van der Waals surface area (Å²) in [6.07, 6.45) is 0. The molecule has 4 rings (SSSR count). The van der Waals surface area contributed by atoms with E-state index in [9.17, 15) is 17.2 Å². The largest absolute Gasteiger partial charge is 0.339 e. The molecule has 0 saturated carbocycles. The van der Waals surface area contributed by atoms with E-state index in [1.165, 1.54) is 0 Å². The van der Waals surface area contributed by atoms with Gasteiger partial charge in [-0.1, -0.05) is 35.5 Å². The average molecular weight is 377 g/mol. The van der Waals surface area contributed by atoms with Crippen LogP contribution in [0.2, 0.25) is 0 Å². The molecular formula is C17H13F2N3O3S. The Bertz CT molecular complexity index is 1050. The van der Waals surface area contributed by atoms with Crippen LogP contribution in [0.4, 0.5) is 8.78 Å². The lowest BCUT2D eigenvalue weighted by molar-refractivity contribution is 0.216. The lowest BCUT2D eigenvalue weighted by Gasteiger charge is -2.35. The molecule has 0 atom stereocenters. The average Bonchev–Trinajstić information content (AvgIpc) is 3.03. The van der Waals surface area contributed by atoms with E-state index in [0.29, 0.717) is 17.8 Å². The van der Waals surface area contributed by atoms with Crippen LogP contribution in [0.15, 0.2) is 57.9 Å². The summed E-state index contributed by atoms with van der Waals surface area (Å²) in [6, 6.07) is 11.6. The molecule has 2 heterocycles. The Morgan fingerprint density at radius 1 is 1.08 bits per heavy atom. The Balaban J connectivity index is 1.49. The summed E-state index contributed by atoms with van der Waals surface area (Å²) < 4.78 is 58.0. The van der Waals surface area contributed by atoms with Crippen LogP contribution in [0.1, 0.15) is 11.8 Å². The van der Waals surface area contributed by atoms with Crippen molar-refractivity contribution in [2.24, 2.45) is 0 Å². The predicted molar refractivity (Wildman–Crippen MR) is 87.6 cm³/mol. The van der Waals surface area contributed by atoms with Gasteiger partial charge >= 0.3 is 0 Å². The number of hydrogen-bond acceptors (Lipinski definition) is 5. The molecule has 26 heavy (non-hydrogen) atoms. The third kappa shape index (κ3) is 2.89. The van der Waals surface area contributed by atoms with Gasteiger partial charge in [-0.2, -0.15) is 9.29 Å². The van der Waals surface area contributed by atoms with Crippen LogP contribution in [0.25, 0.3) is 11.4 Å². The summed E-state index contributed by atoms with van der Waals surface area (Å²) in [6.45, 7) is 0.186. The summed E-state index contributed by atoms with van der Waals surface area (Å²) in [5.41, 5.74) is 0.791. The van der Waals surface area contributed by atoms with Crippen LogP contribution in [-0.4, -0.2) is 36.0 Å². The van der Waals surface area contributed by atoms with Gasteiger partial charge < -0.3 is 4.52 Å². The minimum atomic E-state index is -4.03. The van der Waals surface area contributed by atoms with Gasteiger partial charge in [0.2, 0.25) is 21.7 Å². The van der Waals surface area contributed by atoms with E-state index >= 15 is 0 Å². The quantitative estimate of drug-likeness (QED) is 0.699. The van der Waals surface area contributed by atoms with Crippen LogP contribution in [0.5, 0.6) is 0 Å². The Morgan fingerprint density at radius 2 is 1.81 bits per heavy atom. The van der Waals surface area contributed by atoms with Gasteiger partial charge in [-0.3, -0.25) is 0 Å². The first-order valence-electron chi connectivity index (χ1n) is 7.79. The summed E-state index contributed by atoms with van der Waals surface area (Å²) >= 11 is 0. The fraction of sp³-hybridized carbons (Fsp3) is 0.176. The molecule has 9 heteroatoms. The molecule has 0 unspecified atom stereocenters. The van der Waals surface area contributed by atoms with Crippen LogP contribution in [0, 0.1) is 11.6 Å². The number of benzene rings is 2. The van der Waals surface area contributed by atoms with Gasteiger partial charge in [0.05, 0.1) is 5.92 Å². The van der Waals surface area contributed by atoms with E-state index in [0.717, 1.165) is 22.0 Å². The number of aromatic nitrogens is 2. The van der Waals surface area contributed by atoms with Crippen LogP contribution in [-0.2, 0) is 10.0 Å². The molecule has 0 radical (unpaired) electrons. The van der Waals surface area contributed by atoms with Crippen molar-refractivity contribution < 1.29 is 21.7 Å². The molecule has 1 aliphatic heterocycles. The molecule has 0 amide bonds. The zero-order chi connectivity index (χ0) is 18.3. The van der Waals surface area contributed by atoms with E-state index in [1.807, 2.05) is 30.3 Å². The second-order valence-corrected chi connectivity index (χ2v) is 7.82. The first kappa shape index (κ1) is 16.8. The van der Waals surface area contributed by atoms with E-state index in [2.05, 4.69) is 10.1 Å². The molecule has 6 nitrogen and oxygen atoms in total. The standard InChI is InChI=1S/C17H13F2N3O3S/c18-13-6-7-15(14(19)8-13)26(23,24)22-9-12(10-22)17-20-16(21-25-17)11-4-2-1-3-5-11/h1-8,12H,9-10H2. The maximum absolute atomic E-state index is 13.8. The van der Waals surface area contributed by atoms with Gasteiger partial charge in [-0.15, -0.1) is 0 Å². The molecule has 134 valence electrons. The first-order valence-corrected chi connectivity index (χ1v) is 9.23. The third-order valence-electron chi connectivity index (χ3n) is 4.18. The van der Waals surface area contributed by atoms with Crippen LogP contribution >= 0.6 is 0 Å². The lowest BCUT2D eigenvalue weighted by Crippen LogP contribution is -2.48. The third-order valence-corrected chi connectivity index (χ3v) is 6.05. The van der Waals surface area contributed by atoms with E-state index in [-0.39, 0.29) is 19.0 Å². The molecule has 1 aliphatic rings. The van der Waals surface area contributed by atoms with Gasteiger partial charge in [0.1, 0.15) is 16.5 Å². The molecule has 1 aromatic heterocycles. The molecule has 0 N–H and O–H groups in total. The Hall–Kier alpha value is -2.65. The lowest BCUT2D eigenvalue weighted by atomic mass is 10.0. The molecule has 0 aliphatic carbocycles. The SMILES string of the molecule is O=S(=O)(c1ccc(F)cc1F)N1CC(c2nc(-c3ccccc3)no2)C1. The van der Waals surface area contributed by atoms with Gasteiger partial charge in [0.15, 0.2) is 0 Å². The van der Waals surface area contributed by atoms with Gasteiger partial charge in [-0.25, -0.2) is 17.2 Å². The van der Waals surface area contributed by atoms with E-state index in [1.54, 1.807) is 0 Å². The maximum atomic E-state index is 13.8. The van der Waals surface area contributed by atoms with Crippen molar-refractivity contribution in [2.75, 3.05) is 13.1 Å². The molecule has 0 bridgehead atoms. The summed E-state index contributed by atoms with van der Waals surface area (Å²) in [5, 5.41) is 3.90. The Kier molecular flexibility index (Phi) is 4.04. The summed E-state index contributed by atoms with van der Waals surface area (Å²) in [7, 11) is -4.03. The van der Waals surface area contributed by atoms with Crippen LogP contribution in [0.3, 0.4) is 0 Å². The minimum Gasteiger partial charge on any atom is -0.339 e. The highest BCUT2D eigenvalue weighted by Gasteiger charge is 2.41. The van der Waals surface area contributed by atoms with Crippen molar-refractivity contribution in [3.05, 3.63) is 66.1 Å². The fourth-order valence-corrected chi connectivity index (χ4v) is 4.30. The second kappa shape index (κ2) is 6.26. The summed E-state index contributed by atoms with van der Waals surface area (Å²) in [4.78, 5) is 3.75. The fourth-order valence-electron chi connectivity index (χ4n) is 2.72. The zero-order valence-electron chi connectivity index (χ0n) is 13.3. The van der Waals surface area contributed by atoms with Gasteiger partial charge in [-0.05, 0) is 12.1 Å². The van der Waals surface area contributed by atoms with Crippen molar-refractivity contribution in [3.63, 3.8) is 0 Å². The molecule has 3 aromatic rings. The smallest absolute Gasteiger partial charge is 0.246 e. The van der Waals surface area contributed by atoms with Gasteiger partial charge in [0, 0.05) is 24.7 Å². The molecule has 1 fully saturated rings. The number of halogens is 2. The molecule has 0 spiro atoms.